The van der Waals surface area contributed by atoms with Gasteiger partial charge in [0.05, 0.1) is 30.8 Å². The molecule has 3 atom stereocenters. The monoisotopic (exact) mass is 494 g/mol. The van der Waals surface area contributed by atoms with Gasteiger partial charge in [0, 0.05) is 50.5 Å². The van der Waals surface area contributed by atoms with E-state index in [0.29, 0.717) is 42.8 Å². The number of quaternary nitrogens is 1. The number of aliphatic hydroxyl groups is 1. The topological polar surface area (TPSA) is 72.8 Å². The Balaban J connectivity index is 1.76. The number of hydrogen-bond donors (Lipinski definition) is 1. The summed E-state index contributed by atoms with van der Waals surface area (Å²) in [5, 5.41) is 10.6. The van der Waals surface area contributed by atoms with Gasteiger partial charge in [0.2, 0.25) is 0 Å². The number of rotatable bonds is 10. The van der Waals surface area contributed by atoms with Gasteiger partial charge in [0.1, 0.15) is 17.5 Å². The number of hydrogen-bond acceptors (Lipinski definition) is 5. The van der Waals surface area contributed by atoms with Crippen molar-refractivity contribution in [3.63, 3.8) is 0 Å². The summed E-state index contributed by atoms with van der Waals surface area (Å²) >= 11 is 0. The second kappa shape index (κ2) is 11.6. The zero-order chi connectivity index (χ0) is 25.7. The zero-order valence-electron chi connectivity index (χ0n) is 21.8. The lowest BCUT2D eigenvalue weighted by Gasteiger charge is -2.51. The zero-order valence-corrected chi connectivity index (χ0v) is 21.8. The molecule has 0 amide bonds. The maximum atomic E-state index is 12.5. The molecule has 3 unspecified atom stereocenters. The molecular formula is C30H40NO5+. The van der Waals surface area contributed by atoms with Crippen LogP contribution in [0.5, 0.6) is 11.5 Å². The van der Waals surface area contributed by atoms with Gasteiger partial charge in [0.15, 0.2) is 0 Å². The number of carbonyl (C=O) groups is 2. The molecule has 2 bridgehead atoms. The molecule has 1 N–H and O–H groups in total. The molecule has 2 aliphatic heterocycles. The standard InChI is InChI=1S/C30H40NO5/c1-4-10-29(33)35-27-14-8-6-12-21(27)18-26(31(3)22-16-17-23(31)20-24(32)19-22)25-13-7-9-15-28(25)36-30(34)11-5-2/h6-9,12-15,22-24,26,32H,4-5,10-11,16-20H2,1-3H3/q+1. The quantitative estimate of drug-likeness (QED) is 0.268. The summed E-state index contributed by atoms with van der Waals surface area (Å²) < 4.78 is 12.5. The molecular weight excluding hydrogens is 454 g/mol. The van der Waals surface area contributed by atoms with Gasteiger partial charge in [-0.15, -0.1) is 0 Å². The Bertz CT molecular complexity index is 1050. The number of ether oxygens (including phenoxy) is 2. The summed E-state index contributed by atoms with van der Waals surface area (Å²) in [6, 6.07) is 16.2. The highest BCUT2D eigenvalue weighted by atomic mass is 16.5. The SMILES string of the molecule is CCCC(=O)Oc1ccccc1CC(c1ccccc1OC(=O)CCC)[N+]1(C)C2CCC1CC(O)C2. The highest BCUT2D eigenvalue weighted by Gasteiger charge is 2.55. The molecule has 2 aliphatic rings. The molecule has 0 aliphatic carbocycles. The van der Waals surface area contributed by atoms with E-state index in [0.717, 1.165) is 54.1 Å². The van der Waals surface area contributed by atoms with Crippen LogP contribution in [0.4, 0.5) is 0 Å². The van der Waals surface area contributed by atoms with Crippen LogP contribution in [0.3, 0.4) is 0 Å². The smallest absolute Gasteiger partial charge is 0.311 e. The molecule has 6 nitrogen and oxygen atoms in total. The normalized spacial score (nSPS) is 25.8. The number of para-hydroxylation sites is 2. The molecule has 0 aromatic heterocycles. The van der Waals surface area contributed by atoms with E-state index < -0.39 is 0 Å². The Labute approximate surface area is 214 Å². The van der Waals surface area contributed by atoms with Gasteiger partial charge in [-0.2, -0.15) is 0 Å². The number of likely N-dealkylation sites (N-methyl/N-ethyl adjacent to an activating group) is 1. The van der Waals surface area contributed by atoms with Crippen LogP contribution in [0.2, 0.25) is 0 Å². The van der Waals surface area contributed by atoms with Crippen LogP contribution in [-0.2, 0) is 16.0 Å². The number of benzene rings is 2. The van der Waals surface area contributed by atoms with Crippen LogP contribution in [0, 0.1) is 0 Å². The Morgan fingerprint density at radius 3 is 2.03 bits per heavy atom. The third kappa shape index (κ3) is 5.50. The van der Waals surface area contributed by atoms with E-state index in [-0.39, 0.29) is 24.1 Å². The summed E-state index contributed by atoms with van der Waals surface area (Å²) in [6.07, 6.45) is 6.27. The average molecular weight is 495 g/mol. The van der Waals surface area contributed by atoms with Gasteiger partial charge in [-0.25, -0.2) is 0 Å². The van der Waals surface area contributed by atoms with E-state index in [9.17, 15) is 14.7 Å². The van der Waals surface area contributed by atoms with E-state index >= 15 is 0 Å². The Morgan fingerprint density at radius 1 is 0.889 bits per heavy atom. The third-order valence-electron chi connectivity index (χ3n) is 8.19. The molecule has 6 heteroatoms. The van der Waals surface area contributed by atoms with Crippen LogP contribution in [0.1, 0.15) is 82.4 Å². The lowest BCUT2D eigenvalue weighted by atomic mass is 9.87. The molecule has 2 heterocycles. The summed E-state index contributed by atoms with van der Waals surface area (Å²) in [5.74, 6) is 0.748. The molecule has 0 spiro atoms. The second-order valence-electron chi connectivity index (χ2n) is 10.5. The fourth-order valence-electron chi connectivity index (χ4n) is 6.35. The first-order valence-corrected chi connectivity index (χ1v) is 13.5. The Kier molecular flexibility index (Phi) is 8.47. The van der Waals surface area contributed by atoms with Gasteiger partial charge in [-0.1, -0.05) is 44.2 Å². The van der Waals surface area contributed by atoms with Crippen molar-refractivity contribution in [2.24, 2.45) is 0 Å². The molecule has 2 saturated heterocycles. The van der Waals surface area contributed by atoms with Gasteiger partial charge in [0.25, 0.3) is 0 Å². The number of carbonyl (C=O) groups excluding carboxylic acids is 2. The van der Waals surface area contributed by atoms with Crippen LogP contribution in [-0.4, -0.2) is 46.8 Å². The molecule has 194 valence electrons. The molecule has 36 heavy (non-hydrogen) atoms. The number of esters is 2. The third-order valence-corrected chi connectivity index (χ3v) is 8.19. The minimum atomic E-state index is -0.269. The lowest BCUT2D eigenvalue weighted by Crippen LogP contribution is -2.60. The molecule has 0 saturated carbocycles. The van der Waals surface area contributed by atoms with Crippen molar-refractivity contribution in [1.82, 2.24) is 0 Å². The predicted molar refractivity (Wildman–Crippen MR) is 139 cm³/mol. The van der Waals surface area contributed by atoms with E-state index in [1.54, 1.807) is 0 Å². The highest BCUT2D eigenvalue weighted by Crippen LogP contribution is 2.50. The Hall–Kier alpha value is -2.70. The largest absolute Gasteiger partial charge is 0.426 e. The first-order valence-electron chi connectivity index (χ1n) is 13.5. The summed E-state index contributed by atoms with van der Waals surface area (Å²) in [6.45, 7) is 3.93. The van der Waals surface area contributed by atoms with Crippen molar-refractivity contribution in [1.29, 1.82) is 0 Å². The maximum Gasteiger partial charge on any atom is 0.311 e. The van der Waals surface area contributed by atoms with Crippen LogP contribution >= 0.6 is 0 Å². The first-order chi connectivity index (χ1) is 17.4. The van der Waals surface area contributed by atoms with Gasteiger partial charge in [-0.3, -0.25) is 9.59 Å². The van der Waals surface area contributed by atoms with E-state index in [1.165, 1.54) is 0 Å². The molecule has 2 aromatic rings. The van der Waals surface area contributed by atoms with Gasteiger partial charge in [-0.05, 0) is 31.0 Å². The fourth-order valence-corrected chi connectivity index (χ4v) is 6.35. The van der Waals surface area contributed by atoms with E-state index in [4.69, 9.17) is 9.47 Å². The average Bonchev–Trinajstić information content (AvgIpc) is 3.01. The minimum Gasteiger partial charge on any atom is -0.426 e. The Morgan fingerprint density at radius 2 is 1.42 bits per heavy atom. The van der Waals surface area contributed by atoms with E-state index in [2.05, 4.69) is 13.1 Å². The van der Waals surface area contributed by atoms with Crippen molar-refractivity contribution in [3.8, 4) is 11.5 Å². The number of fused-ring (bicyclic) bond motifs is 2. The van der Waals surface area contributed by atoms with Gasteiger partial charge >= 0.3 is 11.9 Å². The van der Waals surface area contributed by atoms with Crippen LogP contribution in [0.25, 0.3) is 0 Å². The fraction of sp³-hybridized carbons (Fsp3) is 0.533. The molecule has 4 rings (SSSR count). The number of piperidine rings is 1. The van der Waals surface area contributed by atoms with Crippen molar-refractivity contribution < 1.29 is 28.7 Å². The van der Waals surface area contributed by atoms with Crippen molar-refractivity contribution in [2.45, 2.75) is 95.9 Å². The lowest BCUT2D eigenvalue weighted by molar-refractivity contribution is -0.977. The maximum absolute atomic E-state index is 12.5. The molecule has 2 fully saturated rings. The number of nitrogens with zero attached hydrogens (tertiary/aromatic N) is 1. The number of aliphatic hydroxyl groups excluding tert-OH is 1. The summed E-state index contributed by atoms with van der Waals surface area (Å²) in [4.78, 5) is 24.9. The van der Waals surface area contributed by atoms with Crippen LogP contribution in [0.15, 0.2) is 48.5 Å². The second-order valence-corrected chi connectivity index (χ2v) is 10.5. The molecule has 2 aromatic carbocycles. The molecule has 0 radical (unpaired) electrons. The summed E-state index contributed by atoms with van der Waals surface area (Å²) in [7, 11) is 2.30. The van der Waals surface area contributed by atoms with Crippen molar-refractivity contribution in [2.75, 3.05) is 7.05 Å². The van der Waals surface area contributed by atoms with Gasteiger partial charge < -0.3 is 19.1 Å². The minimum absolute atomic E-state index is 0.0216. The predicted octanol–water partition coefficient (Wildman–Crippen LogP) is 5.51. The van der Waals surface area contributed by atoms with Crippen molar-refractivity contribution in [3.05, 3.63) is 59.7 Å². The first kappa shape index (κ1) is 26.4. The summed E-state index contributed by atoms with van der Waals surface area (Å²) in [5.41, 5.74) is 1.96. The van der Waals surface area contributed by atoms with Crippen LogP contribution < -0.4 is 9.47 Å². The highest BCUT2D eigenvalue weighted by molar-refractivity contribution is 5.73. The van der Waals surface area contributed by atoms with Crippen molar-refractivity contribution >= 4 is 11.9 Å². The van der Waals surface area contributed by atoms with E-state index in [1.807, 2.05) is 56.3 Å².